The molecule has 3 aromatic rings. The monoisotopic (exact) mass is 304 g/mol. The van der Waals surface area contributed by atoms with E-state index in [1.54, 1.807) is 28.8 Å². The number of amides is 1. The molecule has 0 spiro atoms. The van der Waals surface area contributed by atoms with E-state index in [2.05, 4.69) is 10.3 Å². The van der Waals surface area contributed by atoms with E-state index in [1.807, 2.05) is 16.8 Å². The lowest BCUT2D eigenvalue weighted by atomic mass is 10.3. The highest BCUT2D eigenvalue weighted by atomic mass is 32.1. The van der Waals surface area contributed by atoms with Gasteiger partial charge in [0.05, 0.1) is 5.69 Å². The van der Waals surface area contributed by atoms with Gasteiger partial charge in [-0.2, -0.15) is 11.3 Å². The Morgan fingerprint density at radius 1 is 1.20 bits per heavy atom. The van der Waals surface area contributed by atoms with Gasteiger partial charge in [0, 0.05) is 16.3 Å². The molecule has 0 aliphatic carbocycles. The molecule has 1 aromatic carbocycles. The average molecular weight is 304 g/mol. The summed E-state index contributed by atoms with van der Waals surface area (Å²) in [5.74, 6) is -0.873. The first-order valence-corrected chi connectivity index (χ1v) is 7.60. The van der Waals surface area contributed by atoms with E-state index >= 15 is 0 Å². The molecule has 6 heteroatoms. The number of thiazole rings is 1. The van der Waals surface area contributed by atoms with Crippen LogP contribution < -0.4 is 5.32 Å². The molecule has 0 fully saturated rings. The van der Waals surface area contributed by atoms with Crippen LogP contribution >= 0.6 is 22.7 Å². The SMILES string of the molecule is O=C(Nc1ccccc1F)c1csc(-c2ccsc2)n1. The molecule has 0 atom stereocenters. The molecule has 0 saturated carbocycles. The number of carbonyl (C=O) groups excluding carboxylic acids is 1. The lowest BCUT2D eigenvalue weighted by Crippen LogP contribution is -2.13. The van der Waals surface area contributed by atoms with Crippen LogP contribution in [0, 0.1) is 5.82 Å². The van der Waals surface area contributed by atoms with Crippen molar-refractivity contribution in [2.24, 2.45) is 0 Å². The van der Waals surface area contributed by atoms with E-state index in [0.29, 0.717) is 5.69 Å². The third kappa shape index (κ3) is 2.61. The van der Waals surface area contributed by atoms with Crippen molar-refractivity contribution in [1.29, 1.82) is 0 Å². The van der Waals surface area contributed by atoms with Crippen LogP contribution in [0.15, 0.2) is 46.5 Å². The quantitative estimate of drug-likeness (QED) is 0.785. The maximum absolute atomic E-state index is 13.5. The van der Waals surface area contributed by atoms with Crippen molar-refractivity contribution in [3.63, 3.8) is 0 Å². The minimum absolute atomic E-state index is 0.155. The highest BCUT2D eigenvalue weighted by Crippen LogP contribution is 2.26. The molecule has 0 bridgehead atoms. The van der Waals surface area contributed by atoms with Crippen LogP contribution in [0.3, 0.4) is 0 Å². The van der Waals surface area contributed by atoms with E-state index < -0.39 is 11.7 Å². The Kier molecular flexibility index (Phi) is 3.58. The number of thiophene rings is 1. The Morgan fingerprint density at radius 2 is 2.05 bits per heavy atom. The van der Waals surface area contributed by atoms with Gasteiger partial charge in [0.25, 0.3) is 5.91 Å². The van der Waals surface area contributed by atoms with Gasteiger partial charge in [-0.25, -0.2) is 9.37 Å². The Bertz CT molecular complexity index is 737. The first-order chi connectivity index (χ1) is 9.74. The molecule has 0 radical (unpaired) electrons. The van der Waals surface area contributed by atoms with Crippen molar-refractivity contribution in [2.75, 3.05) is 5.32 Å². The predicted molar refractivity (Wildman–Crippen MR) is 79.8 cm³/mol. The summed E-state index contributed by atoms with van der Waals surface area (Å²) >= 11 is 2.96. The van der Waals surface area contributed by atoms with Gasteiger partial charge in [-0.3, -0.25) is 4.79 Å². The Morgan fingerprint density at radius 3 is 2.80 bits per heavy atom. The number of nitrogens with zero attached hydrogens (tertiary/aromatic N) is 1. The van der Waals surface area contributed by atoms with E-state index in [9.17, 15) is 9.18 Å². The largest absolute Gasteiger partial charge is 0.318 e. The molecule has 1 N–H and O–H groups in total. The summed E-state index contributed by atoms with van der Waals surface area (Å²) in [5.41, 5.74) is 1.44. The number of halogens is 1. The van der Waals surface area contributed by atoms with Crippen molar-refractivity contribution in [3.8, 4) is 10.6 Å². The molecule has 20 heavy (non-hydrogen) atoms. The molecule has 0 saturated heterocycles. The van der Waals surface area contributed by atoms with Gasteiger partial charge < -0.3 is 5.32 Å². The fourth-order valence-electron chi connectivity index (χ4n) is 1.65. The summed E-state index contributed by atoms with van der Waals surface area (Å²) in [7, 11) is 0. The summed E-state index contributed by atoms with van der Waals surface area (Å²) in [6.07, 6.45) is 0. The summed E-state index contributed by atoms with van der Waals surface area (Å²) in [6.45, 7) is 0. The number of rotatable bonds is 3. The van der Waals surface area contributed by atoms with Gasteiger partial charge in [-0.05, 0) is 23.6 Å². The number of hydrogen-bond donors (Lipinski definition) is 1. The average Bonchev–Trinajstić information content (AvgIpc) is 3.11. The van der Waals surface area contributed by atoms with Gasteiger partial charge in [0.15, 0.2) is 0 Å². The van der Waals surface area contributed by atoms with Gasteiger partial charge in [0.1, 0.15) is 16.5 Å². The standard InChI is InChI=1S/C14H9FN2OS2/c15-10-3-1-2-4-11(10)16-13(18)12-8-20-14(17-12)9-5-6-19-7-9/h1-8H,(H,16,18). The molecule has 0 aliphatic heterocycles. The van der Waals surface area contributed by atoms with Crippen LogP contribution in [-0.4, -0.2) is 10.9 Å². The van der Waals surface area contributed by atoms with Crippen molar-refractivity contribution >= 4 is 34.3 Å². The lowest BCUT2D eigenvalue weighted by molar-refractivity contribution is 0.102. The second-order valence-corrected chi connectivity index (χ2v) is 5.62. The van der Waals surface area contributed by atoms with E-state index in [1.165, 1.54) is 23.5 Å². The third-order valence-corrected chi connectivity index (χ3v) is 4.20. The Balaban J connectivity index is 1.80. The fourth-order valence-corrected chi connectivity index (χ4v) is 3.16. The van der Waals surface area contributed by atoms with Gasteiger partial charge in [0.2, 0.25) is 0 Å². The van der Waals surface area contributed by atoms with Gasteiger partial charge >= 0.3 is 0 Å². The van der Waals surface area contributed by atoms with E-state index in [-0.39, 0.29) is 5.69 Å². The minimum atomic E-state index is -0.464. The second kappa shape index (κ2) is 5.52. The topological polar surface area (TPSA) is 42.0 Å². The predicted octanol–water partition coefficient (Wildman–Crippen LogP) is 4.26. The number of carbonyl (C=O) groups is 1. The highest BCUT2D eigenvalue weighted by Gasteiger charge is 2.13. The van der Waals surface area contributed by atoms with E-state index in [0.717, 1.165) is 10.6 Å². The van der Waals surface area contributed by atoms with Crippen molar-refractivity contribution in [3.05, 3.63) is 58.0 Å². The Hall–Kier alpha value is -2.05. The number of aromatic nitrogens is 1. The molecular weight excluding hydrogens is 295 g/mol. The van der Waals surface area contributed by atoms with Crippen molar-refractivity contribution in [2.45, 2.75) is 0 Å². The number of benzene rings is 1. The Labute approximate surface area is 122 Å². The second-order valence-electron chi connectivity index (χ2n) is 3.98. The zero-order chi connectivity index (χ0) is 13.9. The molecule has 0 aliphatic rings. The summed E-state index contributed by atoms with van der Waals surface area (Å²) in [5, 5.41) is 8.89. The summed E-state index contributed by atoms with van der Waals surface area (Å²) in [4.78, 5) is 16.3. The number of hydrogen-bond acceptors (Lipinski definition) is 4. The van der Waals surface area contributed by atoms with Gasteiger partial charge in [-0.1, -0.05) is 12.1 Å². The van der Waals surface area contributed by atoms with Crippen LogP contribution in [0.5, 0.6) is 0 Å². The summed E-state index contributed by atoms with van der Waals surface area (Å²) < 4.78 is 13.5. The van der Waals surface area contributed by atoms with Crippen LogP contribution in [0.25, 0.3) is 10.6 Å². The molecule has 0 unspecified atom stereocenters. The first-order valence-electron chi connectivity index (χ1n) is 5.78. The van der Waals surface area contributed by atoms with Gasteiger partial charge in [-0.15, -0.1) is 11.3 Å². The smallest absolute Gasteiger partial charge is 0.275 e. The number of para-hydroxylation sites is 1. The first kappa shape index (κ1) is 13.0. The summed E-state index contributed by atoms with van der Waals surface area (Å²) in [6, 6.07) is 7.99. The maximum Gasteiger partial charge on any atom is 0.275 e. The fraction of sp³-hybridized carbons (Fsp3) is 0. The highest BCUT2D eigenvalue weighted by molar-refractivity contribution is 7.14. The molecule has 3 nitrogen and oxygen atoms in total. The molecular formula is C14H9FN2OS2. The zero-order valence-corrected chi connectivity index (χ0v) is 11.8. The normalized spacial score (nSPS) is 10.4. The molecule has 3 rings (SSSR count). The molecule has 2 aromatic heterocycles. The number of anilines is 1. The van der Waals surface area contributed by atoms with Crippen LogP contribution in [0.4, 0.5) is 10.1 Å². The maximum atomic E-state index is 13.5. The zero-order valence-electron chi connectivity index (χ0n) is 10.2. The van der Waals surface area contributed by atoms with Crippen molar-refractivity contribution < 1.29 is 9.18 Å². The van der Waals surface area contributed by atoms with Crippen molar-refractivity contribution in [1.82, 2.24) is 4.98 Å². The van der Waals surface area contributed by atoms with E-state index in [4.69, 9.17) is 0 Å². The number of nitrogens with one attached hydrogen (secondary N) is 1. The van der Waals surface area contributed by atoms with Crippen LogP contribution in [0.1, 0.15) is 10.5 Å². The van der Waals surface area contributed by atoms with Crippen LogP contribution in [0.2, 0.25) is 0 Å². The molecule has 2 heterocycles. The third-order valence-electron chi connectivity index (χ3n) is 2.63. The molecule has 100 valence electrons. The minimum Gasteiger partial charge on any atom is -0.318 e. The van der Waals surface area contributed by atoms with Crippen LogP contribution in [-0.2, 0) is 0 Å². The molecule has 1 amide bonds. The lowest BCUT2D eigenvalue weighted by Gasteiger charge is -2.03.